The number of quaternary nitrogens is 1. The van der Waals surface area contributed by atoms with Crippen LogP contribution in [-0.4, -0.2) is 36.3 Å². The molecule has 3 aromatic carbocycles. The van der Waals surface area contributed by atoms with Crippen LogP contribution in [0.3, 0.4) is 0 Å². The van der Waals surface area contributed by atoms with Gasteiger partial charge in [0.05, 0.1) is 30.0 Å². The number of aliphatic imine (C=N–C) groups is 1. The number of halogens is 2. The lowest BCUT2D eigenvalue weighted by Gasteiger charge is -2.37. The highest BCUT2D eigenvalue weighted by molar-refractivity contribution is 6.31. The number of para-hydroxylation sites is 1. The highest BCUT2D eigenvalue weighted by Gasteiger charge is 2.34. The summed E-state index contributed by atoms with van der Waals surface area (Å²) in [5.41, 5.74) is 5.57. The lowest BCUT2D eigenvalue weighted by Crippen LogP contribution is -2.48. The Hall–Kier alpha value is -2.86. The number of nitrogens with one attached hydrogen (secondary N) is 1. The molecule has 7 heteroatoms. The number of rotatable bonds is 3. The van der Waals surface area contributed by atoms with Crippen LogP contribution in [0, 0.1) is 5.92 Å². The molecule has 0 spiro atoms. The molecular weight excluding hydrogens is 455 g/mol. The Bertz CT molecular complexity index is 1250. The molecule has 0 amide bonds. The number of fused-ring (bicyclic) bond motifs is 2. The predicted octanol–water partition coefficient (Wildman–Crippen LogP) is 5.75. The molecule has 2 aliphatic rings. The largest absolute Gasteiger partial charge is 0.855 e. The minimum Gasteiger partial charge on any atom is -0.855 e. The second-order valence-corrected chi connectivity index (χ2v) is 9.67. The molecule has 0 atom stereocenters. The van der Waals surface area contributed by atoms with Crippen LogP contribution < -0.4 is 10.4 Å². The Morgan fingerprint density at radius 2 is 1.67 bits per heavy atom. The summed E-state index contributed by atoms with van der Waals surface area (Å²) in [6.07, 6.45) is 1.77. The first-order valence-corrected chi connectivity index (χ1v) is 11.8. The maximum absolute atomic E-state index is 12.7. The molecule has 1 N–H and O–H groups in total. The van der Waals surface area contributed by atoms with E-state index in [1.54, 1.807) is 24.3 Å². The molecule has 2 heterocycles. The van der Waals surface area contributed by atoms with E-state index < -0.39 is 0 Å². The number of hydrogen-bond donors (Lipinski definition) is 1. The van der Waals surface area contributed by atoms with Crippen LogP contribution in [0.15, 0.2) is 76.8 Å². The highest BCUT2D eigenvalue weighted by Crippen LogP contribution is 2.39. The standard InChI is InChI=1S/C26H24Cl2N4O/c1-32(31-26(33)18-6-8-19(27)9-7-18)14-12-17(13-15-32)25-21-4-2-3-5-22(21)29-23-11-10-20(28)16-24(23)30-25/h2-11,16-17H,12-15H2,1H3,(H-,29,30,31,33). The van der Waals surface area contributed by atoms with Gasteiger partial charge in [0.15, 0.2) is 0 Å². The van der Waals surface area contributed by atoms with Gasteiger partial charge in [0, 0.05) is 40.1 Å². The summed E-state index contributed by atoms with van der Waals surface area (Å²) in [7, 11) is 2.02. The quantitative estimate of drug-likeness (QED) is 0.296. The lowest BCUT2D eigenvalue weighted by molar-refractivity contribution is -0.922. The van der Waals surface area contributed by atoms with Crippen molar-refractivity contribution in [2.75, 3.05) is 25.5 Å². The molecule has 0 saturated carbocycles. The van der Waals surface area contributed by atoms with E-state index in [0.29, 0.717) is 20.2 Å². The van der Waals surface area contributed by atoms with Gasteiger partial charge in [-0.15, -0.1) is 0 Å². The molecule has 33 heavy (non-hydrogen) atoms. The first-order chi connectivity index (χ1) is 15.9. The van der Waals surface area contributed by atoms with Crippen LogP contribution in [0.2, 0.25) is 10.0 Å². The summed E-state index contributed by atoms with van der Waals surface area (Å²) >= 11 is 12.2. The summed E-state index contributed by atoms with van der Waals surface area (Å²) in [4.78, 5) is 5.08. The molecule has 0 aliphatic carbocycles. The molecule has 0 aromatic heterocycles. The van der Waals surface area contributed by atoms with Crippen LogP contribution in [0.25, 0.3) is 0 Å². The fourth-order valence-electron chi connectivity index (χ4n) is 4.53. The van der Waals surface area contributed by atoms with Crippen molar-refractivity contribution in [1.29, 1.82) is 0 Å². The molecule has 1 fully saturated rings. The van der Waals surface area contributed by atoms with Crippen LogP contribution in [0.5, 0.6) is 0 Å². The molecule has 0 unspecified atom stereocenters. The van der Waals surface area contributed by atoms with Crippen LogP contribution in [0.4, 0.5) is 17.1 Å². The summed E-state index contributed by atoms with van der Waals surface area (Å²) < 4.78 is 0.369. The van der Waals surface area contributed by atoms with Gasteiger partial charge in [0.2, 0.25) is 0 Å². The molecule has 2 aliphatic heterocycles. The van der Waals surface area contributed by atoms with Gasteiger partial charge in [-0.05, 0) is 42.0 Å². The van der Waals surface area contributed by atoms with Crippen molar-refractivity contribution in [3.8, 4) is 0 Å². The van der Waals surface area contributed by atoms with Crippen LogP contribution in [0.1, 0.15) is 24.0 Å². The van der Waals surface area contributed by atoms with E-state index in [9.17, 15) is 5.11 Å². The number of benzene rings is 3. The van der Waals surface area contributed by atoms with Gasteiger partial charge in [-0.1, -0.05) is 58.6 Å². The van der Waals surface area contributed by atoms with E-state index in [4.69, 9.17) is 28.2 Å². The Balaban J connectivity index is 1.42. The normalized spacial score (nSPS) is 22.5. The molecule has 0 radical (unpaired) electrons. The fourth-order valence-corrected chi connectivity index (χ4v) is 4.82. The van der Waals surface area contributed by atoms with E-state index in [2.05, 4.69) is 22.6 Å². The summed E-state index contributed by atoms with van der Waals surface area (Å²) in [6.45, 7) is 1.53. The van der Waals surface area contributed by atoms with Crippen LogP contribution in [-0.2, 0) is 0 Å². The molecule has 3 aromatic rings. The second-order valence-electron chi connectivity index (χ2n) is 8.80. The maximum Gasteiger partial charge on any atom is 0.104 e. The Morgan fingerprint density at radius 3 is 2.42 bits per heavy atom. The number of piperidine rings is 1. The topological polar surface area (TPSA) is 59.8 Å². The lowest BCUT2D eigenvalue weighted by atomic mass is 9.87. The highest BCUT2D eigenvalue weighted by atomic mass is 35.5. The van der Waals surface area contributed by atoms with Crippen molar-refractivity contribution in [2.45, 2.75) is 12.8 Å². The Morgan fingerprint density at radius 1 is 0.970 bits per heavy atom. The molecule has 1 saturated heterocycles. The SMILES string of the molecule is C[N+]1(/N=C(\[O-])c2ccc(Cl)cc2)CCC(C2=Nc3cc(Cl)ccc3Nc3ccccc32)CC1. The average Bonchev–Trinajstić information content (AvgIpc) is 2.96. The van der Waals surface area contributed by atoms with Gasteiger partial charge < -0.3 is 10.4 Å². The van der Waals surface area contributed by atoms with E-state index in [0.717, 1.165) is 54.3 Å². The zero-order valence-corrected chi connectivity index (χ0v) is 19.8. The monoisotopic (exact) mass is 478 g/mol. The number of nitrogens with zero attached hydrogens (tertiary/aromatic N) is 3. The third-order valence-corrected chi connectivity index (χ3v) is 6.89. The molecule has 5 rings (SSSR count). The average molecular weight is 479 g/mol. The van der Waals surface area contributed by atoms with E-state index >= 15 is 0 Å². The third kappa shape index (κ3) is 4.62. The second kappa shape index (κ2) is 8.82. The predicted molar refractivity (Wildman–Crippen MR) is 134 cm³/mol. The van der Waals surface area contributed by atoms with Crippen molar-refractivity contribution in [2.24, 2.45) is 16.0 Å². The smallest absolute Gasteiger partial charge is 0.104 e. The Kier molecular flexibility index (Phi) is 5.87. The maximum atomic E-state index is 12.7. The van der Waals surface area contributed by atoms with E-state index in [1.165, 1.54) is 0 Å². The summed E-state index contributed by atoms with van der Waals surface area (Å²) in [5, 5.41) is 22.0. The van der Waals surface area contributed by atoms with Gasteiger partial charge in [0.1, 0.15) is 13.1 Å². The van der Waals surface area contributed by atoms with Crippen molar-refractivity contribution in [3.63, 3.8) is 0 Å². The third-order valence-electron chi connectivity index (χ3n) is 6.40. The van der Waals surface area contributed by atoms with Gasteiger partial charge in [-0.3, -0.25) is 4.99 Å². The van der Waals surface area contributed by atoms with Gasteiger partial charge in [-0.2, -0.15) is 0 Å². The number of hydrogen-bond acceptors (Lipinski definition) is 4. The minimum atomic E-state index is -0.211. The first kappa shape index (κ1) is 22.0. The summed E-state index contributed by atoms with van der Waals surface area (Å²) in [5.74, 6) is 0.0578. The van der Waals surface area contributed by atoms with Crippen molar-refractivity contribution >= 4 is 51.9 Å². The number of anilines is 2. The van der Waals surface area contributed by atoms with Crippen molar-refractivity contribution in [3.05, 3.63) is 87.9 Å². The molecular formula is C26H24Cl2N4O. The zero-order valence-electron chi connectivity index (χ0n) is 18.3. The van der Waals surface area contributed by atoms with Gasteiger partial charge >= 0.3 is 0 Å². The van der Waals surface area contributed by atoms with Gasteiger partial charge in [0.25, 0.3) is 0 Å². The molecule has 168 valence electrons. The van der Waals surface area contributed by atoms with Crippen molar-refractivity contribution in [1.82, 2.24) is 0 Å². The Labute approximate surface area is 203 Å². The van der Waals surface area contributed by atoms with E-state index in [-0.39, 0.29) is 11.8 Å². The number of likely N-dealkylation sites (tertiary alicyclic amines) is 1. The van der Waals surface area contributed by atoms with Gasteiger partial charge in [-0.25, -0.2) is 4.59 Å². The first-order valence-electron chi connectivity index (χ1n) is 11.0. The summed E-state index contributed by atoms with van der Waals surface area (Å²) in [6, 6.07) is 20.9. The van der Waals surface area contributed by atoms with E-state index in [1.807, 2.05) is 37.4 Å². The fraction of sp³-hybridized carbons (Fsp3) is 0.231. The molecule has 5 nitrogen and oxygen atoms in total. The minimum absolute atomic E-state index is 0.211. The van der Waals surface area contributed by atoms with Crippen LogP contribution >= 0.6 is 23.2 Å². The molecule has 0 bridgehead atoms. The zero-order chi connectivity index (χ0) is 23.0. The van der Waals surface area contributed by atoms with Crippen molar-refractivity contribution < 1.29 is 9.70 Å².